The molecule has 0 amide bonds. The van der Waals surface area contributed by atoms with Crippen LogP contribution >= 0.6 is 0 Å². The number of nitrogen functional groups attached to an aromatic ring is 2. The molecule has 0 spiro atoms. The number of hydrazine groups is 1. The van der Waals surface area contributed by atoms with E-state index in [0.717, 1.165) is 32.4 Å². The summed E-state index contributed by atoms with van der Waals surface area (Å²) in [5, 5.41) is 3.18. The second-order valence-electron chi connectivity index (χ2n) is 3.99. The molecule has 7 heteroatoms. The van der Waals surface area contributed by atoms with Crippen molar-refractivity contribution in [2.45, 2.75) is 25.4 Å². The van der Waals surface area contributed by atoms with Crippen molar-refractivity contribution in [2.75, 3.05) is 29.6 Å². The zero-order valence-electron chi connectivity index (χ0n) is 9.65. The normalized spacial score (nSPS) is 19.2. The summed E-state index contributed by atoms with van der Waals surface area (Å²) in [5.74, 6) is 6.63. The summed E-state index contributed by atoms with van der Waals surface area (Å²) < 4.78 is 5.53. The van der Waals surface area contributed by atoms with E-state index in [0.29, 0.717) is 17.7 Å². The molecular formula is C10H18N6O. The Balaban J connectivity index is 1.83. The van der Waals surface area contributed by atoms with Crippen molar-refractivity contribution in [1.29, 1.82) is 0 Å². The van der Waals surface area contributed by atoms with Crippen LogP contribution in [0.5, 0.6) is 0 Å². The van der Waals surface area contributed by atoms with Gasteiger partial charge in [0.15, 0.2) is 0 Å². The maximum Gasteiger partial charge on any atom is 0.223 e. The predicted molar refractivity (Wildman–Crippen MR) is 66.3 cm³/mol. The summed E-state index contributed by atoms with van der Waals surface area (Å²) in [5.41, 5.74) is 7.99. The molecule has 1 aromatic heterocycles. The van der Waals surface area contributed by atoms with Crippen molar-refractivity contribution >= 4 is 17.6 Å². The molecule has 0 bridgehead atoms. The van der Waals surface area contributed by atoms with Crippen LogP contribution in [0.3, 0.4) is 0 Å². The number of hydrogen-bond acceptors (Lipinski definition) is 7. The SMILES string of the molecule is NNc1cc(NCCC2CCCO2)nc(N)n1. The van der Waals surface area contributed by atoms with Crippen molar-refractivity contribution in [3.63, 3.8) is 0 Å². The van der Waals surface area contributed by atoms with Crippen LogP contribution in [-0.4, -0.2) is 29.2 Å². The lowest BCUT2D eigenvalue weighted by Crippen LogP contribution is -2.15. The Bertz CT molecular complexity index is 366. The first-order chi connectivity index (χ1) is 8.28. The quantitative estimate of drug-likeness (QED) is 0.432. The second kappa shape index (κ2) is 5.65. The minimum atomic E-state index is 0.195. The third-order valence-electron chi connectivity index (χ3n) is 2.69. The molecule has 1 aliphatic rings. The maximum absolute atomic E-state index is 5.55. The number of rotatable bonds is 5. The van der Waals surface area contributed by atoms with E-state index in [-0.39, 0.29) is 5.95 Å². The van der Waals surface area contributed by atoms with Gasteiger partial charge in [-0.2, -0.15) is 9.97 Å². The molecule has 0 saturated carbocycles. The van der Waals surface area contributed by atoms with Crippen molar-refractivity contribution in [2.24, 2.45) is 5.84 Å². The number of hydrogen-bond donors (Lipinski definition) is 4. The molecule has 1 unspecified atom stereocenters. The van der Waals surface area contributed by atoms with Crippen LogP contribution in [0, 0.1) is 0 Å². The van der Waals surface area contributed by atoms with Gasteiger partial charge in [-0.25, -0.2) is 5.84 Å². The van der Waals surface area contributed by atoms with Crippen LogP contribution in [0.15, 0.2) is 6.07 Å². The monoisotopic (exact) mass is 238 g/mol. The van der Waals surface area contributed by atoms with Crippen LogP contribution in [-0.2, 0) is 4.74 Å². The molecule has 1 fully saturated rings. The molecular weight excluding hydrogens is 220 g/mol. The van der Waals surface area contributed by atoms with Crippen LogP contribution in [0.4, 0.5) is 17.6 Å². The summed E-state index contributed by atoms with van der Waals surface area (Å²) in [6.45, 7) is 1.68. The fourth-order valence-electron chi connectivity index (χ4n) is 1.86. The first-order valence-corrected chi connectivity index (χ1v) is 5.74. The fraction of sp³-hybridized carbons (Fsp3) is 0.600. The molecule has 0 radical (unpaired) electrons. The smallest absolute Gasteiger partial charge is 0.223 e. The predicted octanol–water partition coefficient (Wildman–Crippen LogP) is 0.325. The standard InChI is InChI=1S/C10H18N6O/c11-10-14-8(6-9(15-10)16-12)13-4-3-7-2-1-5-17-7/h6-7H,1-5,12H2,(H4,11,13,14,15,16). The van der Waals surface area contributed by atoms with Gasteiger partial charge in [-0.1, -0.05) is 0 Å². The van der Waals surface area contributed by atoms with Crippen molar-refractivity contribution < 1.29 is 4.74 Å². The number of nitrogens with two attached hydrogens (primary N) is 2. The maximum atomic E-state index is 5.55. The average Bonchev–Trinajstić information content (AvgIpc) is 2.81. The number of nitrogens with zero attached hydrogens (tertiary/aromatic N) is 2. The third kappa shape index (κ3) is 3.43. The van der Waals surface area contributed by atoms with Gasteiger partial charge in [0.25, 0.3) is 0 Å². The summed E-state index contributed by atoms with van der Waals surface area (Å²) in [6, 6.07) is 1.71. The molecule has 1 aliphatic heterocycles. The Labute approximate surface area is 99.9 Å². The van der Waals surface area contributed by atoms with Crippen LogP contribution in [0.1, 0.15) is 19.3 Å². The lowest BCUT2D eigenvalue weighted by molar-refractivity contribution is 0.107. The average molecular weight is 238 g/mol. The highest BCUT2D eigenvalue weighted by molar-refractivity contribution is 5.50. The Morgan fingerprint density at radius 3 is 2.94 bits per heavy atom. The van der Waals surface area contributed by atoms with E-state index in [2.05, 4.69) is 20.7 Å². The van der Waals surface area contributed by atoms with E-state index in [4.69, 9.17) is 16.3 Å². The molecule has 0 aromatic carbocycles. The first kappa shape index (κ1) is 11.9. The number of anilines is 3. The molecule has 94 valence electrons. The fourth-order valence-corrected chi connectivity index (χ4v) is 1.86. The topological polar surface area (TPSA) is 111 Å². The molecule has 2 heterocycles. The van der Waals surface area contributed by atoms with E-state index in [9.17, 15) is 0 Å². The number of ether oxygens (including phenoxy) is 1. The molecule has 0 aliphatic carbocycles. The summed E-state index contributed by atoms with van der Waals surface area (Å²) in [7, 11) is 0. The van der Waals surface area contributed by atoms with Gasteiger partial charge in [0, 0.05) is 19.2 Å². The summed E-state index contributed by atoms with van der Waals surface area (Å²) in [6.07, 6.45) is 3.64. The second-order valence-corrected chi connectivity index (χ2v) is 3.99. The van der Waals surface area contributed by atoms with Gasteiger partial charge in [-0.15, -0.1) is 0 Å². The Morgan fingerprint density at radius 2 is 2.24 bits per heavy atom. The molecule has 1 atom stereocenters. The molecule has 7 nitrogen and oxygen atoms in total. The van der Waals surface area contributed by atoms with Crippen molar-refractivity contribution in [3.8, 4) is 0 Å². The van der Waals surface area contributed by atoms with E-state index in [1.54, 1.807) is 6.07 Å². The number of nitrogens with one attached hydrogen (secondary N) is 2. The zero-order valence-corrected chi connectivity index (χ0v) is 9.65. The minimum absolute atomic E-state index is 0.195. The molecule has 6 N–H and O–H groups in total. The van der Waals surface area contributed by atoms with Gasteiger partial charge in [0.05, 0.1) is 6.10 Å². The third-order valence-corrected chi connectivity index (χ3v) is 2.69. The lowest BCUT2D eigenvalue weighted by Gasteiger charge is -2.11. The van der Waals surface area contributed by atoms with Crippen LogP contribution in [0.2, 0.25) is 0 Å². The van der Waals surface area contributed by atoms with E-state index < -0.39 is 0 Å². The highest BCUT2D eigenvalue weighted by Gasteiger charge is 2.14. The Morgan fingerprint density at radius 1 is 1.41 bits per heavy atom. The van der Waals surface area contributed by atoms with Gasteiger partial charge in [0.1, 0.15) is 11.6 Å². The van der Waals surface area contributed by atoms with Gasteiger partial charge in [-0.3, -0.25) is 0 Å². The van der Waals surface area contributed by atoms with E-state index in [1.165, 1.54) is 0 Å². The zero-order chi connectivity index (χ0) is 12.1. The van der Waals surface area contributed by atoms with E-state index >= 15 is 0 Å². The van der Waals surface area contributed by atoms with Gasteiger partial charge < -0.3 is 21.2 Å². The molecule has 1 aromatic rings. The first-order valence-electron chi connectivity index (χ1n) is 5.74. The van der Waals surface area contributed by atoms with Crippen molar-refractivity contribution in [3.05, 3.63) is 6.07 Å². The Hall–Kier alpha value is -1.60. The molecule has 1 saturated heterocycles. The van der Waals surface area contributed by atoms with Crippen LogP contribution < -0.4 is 22.3 Å². The van der Waals surface area contributed by atoms with E-state index in [1.807, 2.05) is 0 Å². The van der Waals surface area contributed by atoms with Gasteiger partial charge in [0.2, 0.25) is 5.95 Å². The minimum Gasteiger partial charge on any atom is -0.378 e. The van der Waals surface area contributed by atoms with Crippen molar-refractivity contribution in [1.82, 2.24) is 9.97 Å². The largest absolute Gasteiger partial charge is 0.378 e. The van der Waals surface area contributed by atoms with Gasteiger partial charge in [-0.05, 0) is 19.3 Å². The summed E-state index contributed by atoms with van der Waals surface area (Å²) >= 11 is 0. The lowest BCUT2D eigenvalue weighted by atomic mass is 10.2. The van der Waals surface area contributed by atoms with Crippen LogP contribution in [0.25, 0.3) is 0 Å². The Kier molecular flexibility index (Phi) is 3.94. The summed E-state index contributed by atoms with van der Waals surface area (Å²) in [4.78, 5) is 7.97. The highest BCUT2D eigenvalue weighted by atomic mass is 16.5. The number of aromatic nitrogens is 2. The van der Waals surface area contributed by atoms with Gasteiger partial charge >= 0.3 is 0 Å². The molecule has 2 rings (SSSR count). The highest BCUT2D eigenvalue weighted by Crippen LogP contribution is 2.16. The molecule has 17 heavy (non-hydrogen) atoms.